The lowest BCUT2D eigenvalue weighted by Gasteiger charge is -2.27. The summed E-state index contributed by atoms with van der Waals surface area (Å²) >= 11 is 5.76. The third-order valence-electron chi connectivity index (χ3n) is 3.22. The molecule has 124 valence electrons. The summed E-state index contributed by atoms with van der Waals surface area (Å²) in [5.74, 6) is -1.43. The Kier molecular flexibility index (Phi) is 6.72. The van der Waals surface area contributed by atoms with Gasteiger partial charge >= 0.3 is 12.1 Å². The first-order valence-corrected chi connectivity index (χ1v) is 7.58. The van der Waals surface area contributed by atoms with E-state index in [1.807, 2.05) is 20.8 Å². The summed E-state index contributed by atoms with van der Waals surface area (Å²) in [6.45, 7) is 5.88. The van der Waals surface area contributed by atoms with Gasteiger partial charge in [-0.15, -0.1) is 0 Å². The summed E-state index contributed by atoms with van der Waals surface area (Å²) in [7, 11) is 0. The molecule has 0 N–H and O–H groups in total. The molecule has 0 fully saturated rings. The predicted molar refractivity (Wildman–Crippen MR) is 81.5 cm³/mol. The summed E-state index contributed by atoms with van der Waals surface area (Å²) in [6, 6.07) is 6.47. The summed E-state index contributed by atoms with van der Waals surface area (Å²) in [6.07, 6.45) is -4.09. The maximum atomic E-state index is 12.8. The molecule has 1 aromatic rings. The van der Waals surface area contributed by atoms with E-state index in [0.717, 1.165) is 11.3 Å². The first-order valence-electron chi connectivity index (χ1n) is 7.20. The van der Waals surface area contributed by atoms with Gasteiger partial charge < -0.3 is 4.90 Å². The fourth-order valence-corrected chi connectivity index (χ4v) is 2.59. The number of carbonyl (C=O) groups excluding carboxylic acids is 1. The van der Waals surface area contributed by atoms with Crippen LogP contribution in [0.5, 0.6) is 0 Å². The lowest BCUT2D eigenvalue weighted by molar-refractivity contribution is -0.186. The zero-order chi connectivity index (χ0) is 16.9. The summed E-state index contributed by atoms with van der Waals surface area (Å²) in [5.41, 5.74) is 0.624. The quantitative estimate of drug-likeness (QED) is 0.723. The third-order valence-corrected chi connectivity index (χ3v) is 3.47. The van der Waals surface area contributed by atoms with Gasteiger partial charge in [-0.2, -0.15) is 13.2 Å². The summed E-state index contributed by atoms with van der Waals surface area (Å²) in [5, 5.41) is 0.505. The van der Waals surface area contributed by atoms with Crippen molar-refractivity contribution in [1.29, 1.82) is 0 Å². The maximum absolute atomic E-state index is 12.8. The lowest BCUT2D eigenvalue weighted by Crippen LogP contribution is -2.42. The lowest BCUT2D eigenvalue weighted by atomic mass is 9.98. The molecule has 0 radical (unpaired) electrons. The molecule has 2 nitrogen and oxygen atoms in total. The Bertz CT molecular complexity index is 485. The second-order valence-electron chi connectivity index (χ2n) is 6.04. The van der Waals surface area contributed by atoms with Gasteiger partial charge in [-0.05, 0) is 36.0 Å². The number of halogens is 4. The standard InChI is InChI=1S/C16H21ClF3NO/c1-11(2)8-12(3)9-21(15(22)16(18,19)20)10-13-4-6-14(17)7-5-13/h4-7,11-12H,8-10H2,1-3H3/t12-/m0/s1. The van der Waals surface area contributed by atoms with E-state index in [0.29, 0.717) is 16.5 Å². The van der Waals surface area contributed by atoms with Gasteiger partial charge in [0.1, 0.15) is 0 Å². The maximum Gasteiger partial charge on any atom is 0.471 e. The number of alkyl halides is 3. The highest BCUT2D eigenvalue weighted by Gasteiger charge is 2.42. The van der Waals surface area contributed by atoms with Crippen LogP contribution in [0, 0.1) is 11.8 Å². The minimum Gasteiger partial charge on any atom is -0.330 e. The van der Waals surface area contributed by atoms with Crippen LogP contribution >= 0.6 is 11.6 Å². The second kappa shape index (κ2) is 7.86. The van der Waals surface area contributed by atoms with E-state index in [2.05, 4.69) is 0 Å². The molecule has 0 spiro atoms. The monoisotopic (exact) mass is 335 g/mol. The average molecular weight is 336 g/mol. The Morgan fingerprint density at radius 3 is 2.18 bits per heavy atom. The molecule has 0 bridgehead atoms. The van der Waals surface area contributed by atoms with E-state index in [4.69, 9.17) is 11.6 Å². The van der Waals surface area contributed by atoms with Crippen molar-refractivity contribution in [3.05, 3.63) is 34.9 Å². The van der Waals surface area contributed by atoms with E-state index in [1.165, 1.54) is 0 Å². The van der Waals surface area contributed by atoms with E-state index in [-0.39, 0.29) is 19.0 Å². The van der Waals surface area contributed by atoms with Crippen molar-refractivity contribution < 1.29 is 18.0 Å². The van der Waals surface area contributed by atoms with Gasteiger partial charge in [0.25, 0.3) is 0 Å². The van der Waals surface area contributed by atoms with Crippen LogP contribution in [-0.2, 0) is 11.3 Å². The van der Waals surface area contributed by atoms with Crippen molar-refractivity contribution in [1.82, 2.24) is 4.90 Å². The number of hydrogen-bond donors (Lipinski definition) is 0. The molecule has 0 saturated carbocycles. The highest BCUT2D eigenvalue weighted by atomic mass is 35.5. The number of rotatable bonds is 6. The summed E-state index contributed by atoms with van der Waals surface area (Å²) < 4.78 is 38.3. The number of nitrogens with zero attached hydrogens (tertiary/aromatic N) is 1. The van der Waals surface area contributed by atoms with Crippen LogP contribution in [0.15, 0.2) is 24.3 Å². The molecule has 0 aliphatic carbocycles. The van der Waals surface area contributed by atoms with Crippen LogP contribution in [0.3, 0.4) is 0 Å². The van der Waals surface area contributed by atoms with Gasteiger partial charge in [-0.1, -0.05) is 44.5 Å². The van der Waals surface area contributed by atoms with E-state index >= 15 is 0 Å². The number of hydrogen-bond acceptors (Lipinski definition) is 1. The second-order valence-corrected chi connectivity index (χ2v) is 6.48. The molecular formula is C16H21ClF3NO. The Labute approximate surface area is 134 Å². The molecule has 0 aromatic heterocycles. The molecule has 0 heterocycles. The molecule has 6 heteroatoms. The van der Waals surface area contributed by atoms with Crippen LogP contribution in [0.4, 0.5) is 13.2 Å². The fraction of sp³-hybridized carbons (Fsp3) is 0.562. The molecule has 0 unspecified atom stereocenters. The largest absolute Gasteiger partial charge is 0.471 e. The third kappa shape index (κ3) is 6.26. The number of amides is 1. The first kappa shape index (κ1) is 18.8. The van der Waals surface area contributed by atoms with Crippen LogP contribution in [-0.4, -0.2) is 23.5 Å². The van der Waals surface area contributed by atoms with Crippen LogP contribution in [0.25, 0.3) is 0 Å². The van der Waals surface area contributed by atoms with Crippen molar-refractivity contribution in [2.45, 2.75) is 39.9 Å². The normalized spacial score (nSPS) is 13.3. The highest BCUT2D eigenvalue weighted by Crippen LogP contribution is 2.23. The number of benzene rings is 1. The van der Waals surface area contributed by atoms with Gasteiger partial charge in [0.05, 0.1) is 0 Å². The van der Waals surface area contributed by atoms with E-state index in [9.17, 15) is 18.0 Å². The SMILES string of the molecule is CC(C)C[C@H](C)CN(Cc1ccc(Cl)cc1)C(=O)C(F)(F)F. The molecule has 0 aliphatic rings. The highest BCUT2D eigenvalue weighted by molar-refractivity contribution is 6.30. The van der Waals surface area contributed by atoms with E-state index < -0.39 is 12.1 Å². The Morgan fingerprint density at radius 1 is 1.18 bits per heavy atom. The molecule has 0 saturated heterocycles. The molecule has 1 aromatic carbocycles. The Morgan fingerprint density at radius 2 is 1.73 bits per heavy atom. The van der Waals surface area contributed by atoms with Gasteiger partial charge in [-0.25, -0.2) is 0 Å². The Hall–Kier alpha value is -1.23. The van der Waals surface area contributed by atoms with Crippen LogP contribution < -0.4 is 0 Å². The molecule has 0 aliphatic heterocycles. The van der Waals surface area contributed by atoms with Crippen molar-refractivity contribution in [2.24, 2.45) is 11.8 Å². The topological polar surface area (TPSA) is 20.3 Å². The van der Waals surface area contributed by atoms with Crippen molar-refractivity contribution >= 4 is 17.5 Å². The smallest absolute Gasteiger partial charge is 0.330 e. The van der Waals surface area contributed by atoms with Crippen molar-refractivity contribution in [3.8, 4) is 0 Å². The van der Waals surface area contributed by atoms with Crippen LogP contribution in [0.1, 0.15) is 32.8 Å². The Balaban J connectivity index is 2.86. The van der Waals surface area contributed by atoms with Gasteiger partial charge in [0.15, 0.2) is 0 Å². The van der Waals surface area contributed by atoms with Crippen LogP contribution in [0.2, 0.25) is 5.02 Å². The van der Waals surface area contributed by atoms with Gasteiger partial charge in [0, 0.05) is 18.1 Å². The van der Waals surface area contributed by atoms with Gasteiger partial charge in [0.2, 0.25) is 0 Å². The zero-order valence-electron chi connectivity index (χ0n) is 13.0. The molecule has 22 heavy (non-hydrogen) atoms. The molecule has 1 rings (SSSR count). The molecular weight excluding hydrogens is 315 g/mol. The number of carbonyl (C=O) groups is 1. The average Bonchev–Trinajstić information content (AvgIpc) is 2.37. The fourth-order valence-electron chi connectivity index (χ4n) is 2.46. The zero-order valence-corrected chi connectivity index (χ0v) is 13.7. The summed E-state index contributed by atoms with van der Waals surface area (Å²) in [4.78, 5) is 12.5. The van der Waals surface area contributed by atoms with Crippen molar-refractivity contribution in [2.75, 3.05) is 6.54 Å². The minimum absolute atomic E-state index is 0.00130. The van der Waals surface area contributed by atoms with Crippen molar-refractivity contribution in [3.63, 3.8) is 0 Å². The minimum atomic E-state index is -4.86. The predicted octanol–water partition coefficient (Wildman–Crippen LogP) is 4.91. The van der Waals surface area contributed by atoms with Gasteiger partial charge in [-0.3, -0.25) is 4.79 Å². The molecule has 1 atom stereocenters. The molecule has 1 amide bonds. The first-order chi connectivity index (χ1) is 10.1. The van der Waals surface area contributed by atoms with E-state index in [1.54, 1.807) is 24.3 Å².